The fourth-order valence-corrected chi connectivity index (χ4v) is 5.45. The number of nitrogens with zero attached hydrogens (tertiary/aromatic N) is 2. The normalized spacial score (nSPS) is 25.8. The van der Waals surface area contributed by atoms with Crippen molar-refractivity contribution in [1.82, 2.24) is 9.62 Å². The Morgan fingerprint density at radius 2 is 1.86 bits per heavy atom. The zero-order chi connectivity index (χ0) is 15.7. The quantitative estimate of drug-likeness (QED) is 0.664. The average molecular weight is 325 g/mol. The van der Waals surface area contributed by atoms with Crippen LogP contribution in [-0.2, 0) is 15.8 Å². The largest absolute Gasteiger partial charge is 0.315 e. The van der Waals surface area contributed by atoms with Crippen molar-refractivity contribution in [2.24, 2.45) is 0 Å². The second kappa shape index (κ2) is 5.94. The van der Waals surface area contributed by atoms with Crippen LogP contribution in [-0.4, -0.2) is 42.8 Å². The topological polar surface area (TPSA) is 92.5 Å². The van der Waals surface area contributed by atoms with Crippen molar-refractivity contribution in [2.45, 2.75) is 37.1 Å². The number of sulfonamides is 1. The lowest BCUT2D eigenvalue weighted by Gasteiger charge is -2.26. The molecule has 1 aromatic carbocycles. The van der Waals surface area contributed by atoms with Crippen LogP contribution in [0.4, 0.5) is 5.69 Å². The second-order valence-electron chi connectivity index (χ2n) is 5.89. The molecule has 1 aromatic rings. The molecule has 0 aromatic heterocycles. The van der Waals surface area contributed by atoms with Gasteiger partial charge in [-0.25, -0.2) is 8.42 Å². The molecule has 2 atom stereocenters. The summed E-state index contributed by atoms with van der Waals surface area (Å²) in [7, 11) is -3.41. The van der Waals surface area contributed by atoms with E-state index in [1.165, 1.54) is 24.3 Å². The molecule has 1 N–H and O–H groups in total. The first kappa shape index (κ1) is 15.4. The van der Waals surface area contributed by atoms with Crippen LogP contribution in [0.2, 0.25) is 0 Å². The van der Waals surface area contributed by atoms with Gasteiger partial charge in [-0.15, -0.1) is 0 Å². The zero-order valence-electron chi connectivity index (χ0n) is 12.1. The predicted molar refractivity (Wildman–Crippen MR) is 81.9 cm³/mol. The molecule has 2 aliphatic heterocycles. The molecule has 3 rings (SSSR count). The first-order chi connectivity index (χ1) is 10.5. The van der Waals surface area contributed by atoms with E-state index in [0.717, 1.165) is 25.8 Å². The Balaban J connectivity index is 1.79. The van der Waals surface area contributed by atoms with Crippen LogP contribution < -0.4 is 5.32 Å². The van der Waals surface area contributed by atoms with Gasteiger partial charge in [0.25, 0.3) is 5.69 Å². The van der Waals surface area contributed by atoms with Crippen molar-refractivity contribution in [3.63, 3.8) is 0 Å². The highest BCUT2D eigenvalue weighted by Gasteiger charge is 2.42. The Morgan fingerprint density at radius 3 is 2.55 bits per heavy atom. The van der Waals surface area contributed by atoms with E-state index >= 15 is 0 Å². The number of nitro groups is 1. The molecular formula is C14H19N3O4S. The van der Waals surface area contributed by atoms with Gasteiger partial charge in [-0.2, -0.15) is 4.31 Å². The Kier molecular flexibility index (Phi) is 4.16. The van der Waals surface area contributed by atoms with Gasteiger partial charge in [0.05, 0.1) is 10.7 Å². The standard InChI is InChI=1S/C14H19N3O4S/c18-17(19)13-3-1-11(2-4-13)10-22(20,21)16-12-5-6-14(16)9-15-8-7-12/h1-4,12,14-15H,5-10H2. The Hall–Kier alpha value is -1.51. The van der Waals surface area contributed by atoms with Crippen LogP contribution in [0.25, 0.3) is 0 Å². The van der Waals surface area contributed by atoms with E-state index < -0.39 is 14.9 Å². The maximum absolute atomic E-state index is 12.8. The molecule has 0 amide bonds. The molecule has 0 radical (unpaired) electrons. The Bertz CT molecular complexity index is 645. The van der Waals surface area contributed by atoms with Gasteiger partial charge < -0.3 is 5.32 Å². The fraction of sp³-hybridized carbons (Fsp3) is 0.571. The highest BCUT2D eigenvalue weighted by Crippen LogP contribution is 2.32. The van der Waals surface area contributed by atoms with E-state index in [-0.39, 0.29) is 23.5 Å². The number of rotatable bonds is 4. The van der Waals surface area contributed by atoms with Crippen molar-refractivity contribution >= 4 is 15.7 Å². The van der Waals surface area contributed by atoms with Gasteiger partial charge in [0.1, 0.15) is 0 Å². The molecule has 2 unspecified atom stereocenters. The first-order valence-electron chi connectivity index (χ1n) is 7.42. The number of fused-ring (bicyclic) bond motifs is 2. The van der Waals surface area contributed by atoms with E-state index in [1.807, 2.05) is 0 Å². The second-order valence-corrected chi connectivity index (χ2v) is 7.76. The fourth-order valence-electron chi connectivity index (χ4n) is 3.39. The zero-order valence-corrected chi connectivity index (χ0v) is 13.0. The maximum atomic E-state index is 12.8. The molecule has 7 nitrogen and oxygen atoms in total. The predicted octanol–water partition coefficient (Wildman–Crippen LogP) is 1.25. The number of nitro benzene ring substituents is 1. The molecule has 2 fully saturated rings. The summed E-state index contributed by atoms with van der Waals surface area (Å²) in [5, 5.41) is 13.9. The SMILES string of the molecule is O=[N+]([O-])c1ccc(CS(=O)(=O)N2C3CCNCC2CC3)cc1. The highest BCUT2D eigenvalue weighted by molar-refractivity contribution is 7.88. The Morgan fingerprint density at radius 1 is 1.18 bits per heavy atom. The Labute approximate surface area is 129 Å². The summed E-state index contributed by atoms with van der Waals surface area (Å²) in [6.45, 7) is 1.56. The van der Waals surface area contributed by atoms with E-state index in [4.69, 9.17) is 0 Å². The average Bonchev–Trinajstić information content (AvgIpc) is 2.73. The van der Waals surface area contributed by atoms with Crippen LogP contribution >= 0.6 is 0 Å². The summed E-state index contributed by atoms with van der Waals surface area (Å²) >= 11 is 0. The third kappa shape index (κ3) is 2.99. The van der Waals surface area contributed by atoms with Crippen molar-refractivity contribution in [1.29, 1.82) is 0 Å². The minimum Gasteiger partial charge on any atom is -0.315 e. The summed E-state index contributed by atoms with van der Waals surface area (Å²) in [5.74, 6) is -0.0992. The van der Waals surface area contributed by atoms with Crippen LogP contribution in [0, 0.1) is 10.1 Å². The van der Waals surface area contributed by atoms with Gasteiger partial charge in [-0.05, 0) is 31.4 Å². The van der Waals surface area contributed by atoms with Gasteiger partial charge >= 0.3 is 0 Å². The molecule has 2 aliphatic rings. The third-order valence-electron chi connectivity index (χ3n) is 4.40. The number of hydrogen-bond donors (Lipinski definition) is 1. The molecule has 2 bridgehead atoms. The van der Waals surface area contributed by atoms with Gasteiger partial charge in [-0.3, -0.25) is 10.1 Å². The van der Waals surface area contributed by atoms with Gasteiger partial charge in [0, 0.05) is 30.8 Å². The molecule has 22 heavy (non-hydrogen) atoms. The number of hydrogen-bond acceptors (Lipinski definition) is 5. The number of nitrogens with one attached hydrogen (secondary N) is 1. The molecule has 8 heteroatoms. The smallest absolute Gasteiger partial charge is 0.269 e. The van der Waals surface area contributed by atoms with E-state index in [9.17, 15) is 18.5 Å². The molecule has 120 valence electrons. The van der Waals surface area contributed by atoms with Crippen molar-refractivity contribution in [3.8, 4) is 0 Å². The first-order valence-corrected chi connectivity index (χ1v) is 9.03. The monoisotopic (exact) mass is 325 g/mol. The van der Waals surface area contributed by atoms with Crippen LogP contribution in [0.5, 0.6) is 0 Å². The van der Waals surface area contributed by atoms with Crippen molar-refractivity contribution in [2.75, 3.05) is 13.1 Å². The molecular weight excluding hydrogens is 306 g/mol. The summed E-state index contributed by atoms with van der Waals surface area (Å²) in [5.41, 5.74) is 0.558. The van der Waals surface area contributed by atoms with Crippen molar-refractivity contribution < 1.29 is 13.3 Å². The molecule has 0 aliphatic carbocycles. The molecule has 0 spiro atoms. The maximum Gasteiger partial charge on any atom is 0.269 e. The summed E-state index contributed by atoms with van der Waals surface area (Å²) in [4.78, 5) is 10.2. The lowest BCUT2D eigenvalue weighted by molar-refractivity contribution is -0.384. The van der Waals surface area contributed by atoms with Crippen LogP contribution in [0.15, 0.2) is 24.3 Å². The summed E-state index contributed by atoms with van der Waals surface area (Å²) in [6.07, 6.45) is 2.67. The van der Waals surface area contributed by atoms with E-state index in [2.05, 4.69) is 5.32 Å². The van der Waals surface area contributed by atoms with Crippen LogP contribution in [0.1, 0.15) is 24.8 Å². The van der Waals surface area contributed by atoms with E-state index in [1.54, 1.807) is 4.31 Å². The number of benzene rings is 1. The highest BCUT2D eigenvalue weighted by atomic mass is 32.2. The van der Waals surface area contributed by atoms with Gasteiger partial charge in [0.2, 0.25) is 10.0 Å². The van der Waals surface area contributed by atoms with E-state index in [0.29, 0.717) is 12.1 Å². The lowest BCUT2D eigenvalue weighted by atomic mass is 10.1. The minimum absolute atomic E-state index is 0.0276. The van der Waals surface area contributed by atoms with Gasteiger partial charge in [0.15, 0.2) is 0 Å². The van der Waals surface area contributed by atoms with Gasteiger partial charge in [-0.1, -0.05) is 12.1 Å². The van der Waals surface area contributed by atoms with Crippen LogP contribution in [0.3, 0.4) is 0 Å². The lowest BCUT2D eigenvalue weighted by Crippen LogP contribution is -2.43. The minimum atomic E-state index is -3.41. The molecule has 2 heterocycles. The summed E-state index contributed by atoms with van der Waals surface area (Å²) in [6, 6.07) is 5.87. The molecule has 0 saturated carbocycles. The molecule has 2 saturated heterocycles. The number of non-ortho nitro benzene ring substituents is 1. The third-order valence-corrected chi connectivity index (χ3v) is 6.34. The summed E-state index contributed by atoms with van der Waals surface area (Å²) < 4.78 is 27.2. The van der Waals surface area contributed by atoms with Crippen molar-refractivity contribution in [3.05, 3.63) is 39.9 Å².